The first kappa shape index (κ1) is 14.3. The molecule has 3 rings (SSSR count). The molecule has 1 aliphatic carbocycles. The fourth-order valence-corrected chi connectivity index (χ4v) is 2.63. The number of aliphatic carboxylic acids is 1. The summed E-state index contributed by atoms with van der Waals surface area (Å²) in [7, 11) is 0. The minimum absolute atomic E-state index is 0.0182. The Kier molecular flexibility index (Phi) is 3.23. The fraction of sp³-hybridized carbons (Fsp3) is 0.200. The average molecular weight is 304 g/mol. The summed E-state index contributed by atoms with van der Waals surface area (Å²) in [6.07, 6.45) is 1.19. The van der Waals surface area contributed by atoms with Crippen molar-refractivity contribution in [2.75, 3.05) is 0 Å². The third-order valence-corrected chi connectivity index (χ3v) is 3.64. The number of aliphatic hydroxyl groups excluding tert-OH is 2. The van der Waals surface area contributed by atoms with Gasteiger partial charge in [0.05, 0.1) is 18.3 Å². The quantitative estimate of drug-likeness (QED) is 0.637. The lowest BCUT2D eigenvalue weighted by atomic mass is 9.87. The molecule has 7 nitrogen and oxygen atoms in total. The van der Waals surface area contributed by atoms with E-state index < -0.39 is 29.2 Å². The van der Waals surface area contributed by atoms with Crippen LogP contribution in [0.3, 0.4) is 0 Å². The zero-order chi connectivity index (χ0) is 16.0. The molecule has 0 saturated carbocycles. The first-order valence-electron chi connectivity index (χ1n) is 6.46. The number of aromatic hydroxyl groups is 1. The zero-order valence-electron chi connectivity index (χ0n) is 11.2. The van der Waals surface area contributed by atoms with Crippen LogP contribution in [0.25, 0.3) is 17.0 Å². The summed E-state index contributed by atoms with van der Waals surface area (Å²) in [4.78, 5) is 23.9. The number of carbonyl (C=O) groups is 1. The zero-order valence-corrected chi connectivity index (χ0v) is 11.2. The monoisotopic (exact) mass is 304 g/mol. The molecule has 7 heteroatoms. The van der Waals surface area contributed by atoms with Crippen LogP contribution in [0.1, 0.15) is 22.8 Å². The lowest BCUT2D eigenvalue weighted by Gasteiger charge is -2.21. The summed E-state index contributed by atoms with van der Waals surface area (Å²) in [6.45, 7) is -0.351. The van der Waals surface area contributed by atoms with Crippen LogP contribution in [0, 0.1) is 0 Å². The van der Waals surface area contributed by atoms with E-state index in [9.17, 15) is 24.9 Å². The summed E-state index contributed by atoms with van der Waals surface area (Å²) in [5.41, 5.74) is -0.531. The van der Waals surface area contributed by atoms with Gasteiger partial charge >= 0.3 is 5.97 Å². The average Bonchev–Trinajstić information content (AvgIpc) is 2.46. The van der Waals surface area contributed by atoms with Crippen LogP contribution in [0.2, 0.25) is 0 Å². The van der Waals surface area contributed by atoms with Crippen molar-refractivity contribution < 1.29 is 29.6 Å². The molecule has 2 unspecified atom stereocenters. The summed E-state index contributed by atoms with van der Waals surface area (Å²) in [5.74, 6) is -3.22. The molecule has 0 amide bonds. The number of hydrogen-bond acceptors (Lipinski definition) is 6. The third-order valence-electron chi connectivity index (χ3n) is 3.64. The molecule has 0 spiro atoms. The number of aliphatic hydroxyl groups is 2. The molecule has 1 heterocycles. The van der Waals surface area contributed by atoms with E-state index in [2.05, 4.69) is 0 Å². The Labute approximate surface area is 123 Å². The van der Waals surface area contributed by atoms with Crippen molar-refractivity contribution in [3.63, 3.8) is 0 Å². The minimum Gasteiger partial charge on any atom is -0.507 e. The first-order valence-corrected chi connectivity index (χ1v) is 6.46. The second kappa shape index (κ2) is 4.97. The van der Waals surface area contributed by atoms with Crippen LogP contribution in [-0.4, -0.2) is 32.5 Å². The van der Waals surface area contributed by atoms with E-state index in [4.69, 9.17) is 9.52 Å². The molecule has 0 saturated heterocycles. The largest absolute Gasteiger partial charge is 0.507 e. The van der Waals surface area contributed by atoms with Crippen molar-refractivity contribution in [1.82, 2.24) is 0 Å². The molecule has 1 aromatic heterocycles. The summed E-state index contributed by atoms with van der Waals surface area (Å²) in [6, 6.07) is 2.60. The fourth-order valence-electron chi connectivity index (χ4n) is 2.63. The van der Waals surface area contributed by atoms with Crippen molar-refractivity contribution in [3.05, 3.63) is 45.3 Å². The van der Waals surface area contributed by atoms with Gasteiger partial charge in [-0.15, -0.1) is 0 Å². The molecule has 2 aromatic rings. The van der Waals surface area contributed by atoms with E-state index in [1.807, 2.05) is 0 Å². The Morgan fingerprint density at radius 1 is 1.32 bits per heavy atom. The normalized spacial score (nSPS) is 20.1. The van der Waals surface area contributed by atoms with Crippen molar-refractivity contribution in [3.8, 4) is 5.75 Å². The number of carboxylic acid groups (broad SMARTS) is 1. The molecule has 0 fully saturated rings. The number of phenolic OH excluding ortho intramolecular Hbond substituents is 1. The van der Waals surface area contributed by atoms with E-state index >= 15 is 0 Å². The summed E-state index contributed by atoms with van der Waals surface area (Å²) >= 11 is 0. The molecule has 4 N–H and O–H groups in total. The van der Waals surface area contributed by atoms with Crippen molar-refractivity contribution in [2.45, 2.75) is 18.6 Å². The van der Waals surface area contributed by atoms with Crippen LogP contribution in [-0.2, 0) is 11.4 Å². The maximum Gasteiger partial charge on any atom is 0.314 e. The van der Waals surface area contributed by atoms with Crippen LogP contribution in [0.5, 0.6) is 5.75 Å². The Bertz CT molecular complexity index is 862. The van der Waals surface area contributed by atoms with Crippen molar-refractivity contribution >= 4 is 23.0 Å². The SMILES string of the molecule is O=C(O)C1c2c(oc3cc(CO)cc(O)c3c2=O)C=CC1O. The molecular formula is C15H12O7. The van der Waals surface area contributed by atoms with Gasteiger partial charge < -0.3 is 24.8 Å². The highest BCUT2D eigenvalue weighted by Gasteiger charge is 2.36. The molecule has 1 aromatic carbocycles. The van der Waals surface area contributed by atoms with Gasteiger partial charge in [0.2, 0.25) is 5.43 Å². The predicted octanol–water partition coefficient (Wildman–Crippen LogP) is 0.547. The minimum atomic E-state index is -1.46. The van der Waals surface area contributed by atoms with Gasteiger partial charge in [0.15, 0.2) is 0 Å². The second-order valence-electron chi connectivity index (χ2n) is 5.02. The van der Waals surface area contributed by atoms with Crippen molar-refractivity contribution in [2.24, 2.45) is 0 Å². The molecule has 114 valence electrons. The van der Waals surface area contributed by atoms with Crippen LogP contribution < -0.4 is 5.43 Å². The Morgan fingerprint density at radius 3 is 2.68 bits per heavy atom. The van der Waals surface area contributed by atoms with Gasteiger partial charge in [-0.05, 0) is 23.8 Å². The highest BCUT2D eigenvalue weighted by Crippen LogP contribution is 2.33. The molecule has 0 bridgehead atoms. The highest BCUT2D eigenvalue weighted by molar-refractivity contribution is 5.88. The standard InChI is InChI=1S/C15H12O7/c16-5-6-3-8(18)11-10(4-6)22-9-2-1-7(17)12(15(20)21)13(9)14(11)19/h1-4,7,12,16-18H,5H2,(H,20,21). The molecule has 0 radical (unpaired) electrons. The Morgan fingerprint density at radius 2 is 2.05 bits per heavy atom. The number of phenols is 1. The number of rotatable bonds is 2. The van der Waals surface area contributed by atoms with Crippen LogP contribution >= 0.6 is 0 Å². The van der Waals surface area contributed by atoms with Crippen LogP contribution in [0.15, 0.2) is 27.4 Å². The van der Waals surface area contributed by atoms with E-state index in [0.29, 0.717) is 5.56 Å². The molecule has 2 atom stereocenters. The summed E-state index contributed by atoms with van der Waals surface area (Å²) < 4.78 is 5.48. The molecule has 0 aliphatic heterocycles. The van der Waals surface area contributed by atoms with Gasteiger partial charge in [0, 0.05) is 0 Å². The van der Waals surface area contributed by atoms with Gasteiger partial charge in [-0.25, -0.2) is 0 Å². The maximum atomic E-state index is 12.6. The first-order chi connectivity index (χ1) is 10.4. The van der Waals surface area contributed by atoms with E-state index in [1.165, 1.54) is 24.3 Å². The van der Waals surface area contributed by atoms with Gasteiger partial charge in [-0.3, -0.25) is 9.59 Å². The van der Waals surface area contributed by atoms with Crippen molar-refractivity contribution in [1.29, 1.82) is 0 Å². The highest BCUT2D eigenvalue weighted by atomic mass is 16.4. The predicted molar refractivity (Wildman–Crippen MR) is 75.5 cm³/mol. The third kappa shape index (κ3) is 1.99. The number of carboxylic acids is 1. The van der Waals surface area contributed by atoms with Gasteiger partial charge in [-0.2, -0.15) is 0 Å². The van der Waals surface area contributed by atoms with E-state index in [0.717, 1.165) is 0 Å². The van der Waals surface area contributed by atoms with Gasteiger partial charge in [0.1, 0.15) is 28.4 Å². The van der Waals surface area contributed by atoms with E-state index in [-0.39, 0.29) is 28.9 Å². The maximum absolute atomic E-state index is 12.6. The molecular weight excluding hydrogens is 292 g/mol. The second-order valence-corrected chi connectivity index (χ2v) is 5.02. The van der Waals surface area contributed by atoms with Gasteiger partial charge in [0.25, 0.3) is 0 Å². The smallest absolute Gasteiger partial charge is 0.314 e. The topological polar surface area (TPSA) is 128 Å². The van der Waals surface area contributed by atoms with Gasteiger partial charge in [-0.1, -0.05) is 6.08 Å². The molecule has 22 heavy (non-hydrogen) atoms. The van der Waals surface area contributed by atoms with E-state index in [1.54, 1.807) is 0 Å². The Hall–Kier alpha value is -2.64. The lowest BCUT2D eigenvalue weighted by Crippen LogP contribution is -2.32. The summed E-state index contributed by atoms with van der Waals surface area (Å²) in [5, 5.41) is 37.9. The number of benzene rings is 1. The molecule has 1 aliphatic rings. The lowest BCUT2D eigenvalue weighted by molar-refractivity contribution is -0.140. The number of hydrogen-bond donors (Lipinski definition) is 4. The number of fused-ring (bicyclic) bond motifs is 2. The Balaban J connectivity index is 2.41. The van der Waals surface area contributed by atoms with Crippen LogP contribution in [0.4, 0.5) is 0 Å².